The van der Waals surface area contributed by atoms with Gasteiger partial charge in [-0.15, -0.1) is 0 Å². The van der Waals surface area contributed by atoms with Crippen LogP contribution in [0.2, 0.25) is 0 Å². The predicted molar refractivity (Wildman–Crippen MR) is 142 cm³/mol. The first-order valence-corrected chi connectivity index (χ1v) is 12.9. The van der Waals surface area contributed by atoms with Crippen LogP contribution in [0.1, 0.15) is 30.9 Å². The van der Waals surface area contributed by atoms with E-state index in [-0.39, 0.29) is 25.3 Å². The normalized spacial score (nSPS) is 11.6. The van der Waals surface area contributed by atoms with Crippen LogP contribution in [0.5, 0.6) is 11.5 Å². The number of carboxylic acids is 1. The third-order valence-electron chi connectivity index (χ3n) is 5.95. The Balaban J connectivity index is 1.56. The minimum absolute atomic E-state index is 0.149. The van der Waals surface area contributed by atoms with Crippen LogP contribution in [0.25, 0.3) is 0 Å². The standard InChI is InChI=1S/C30H33F2NO6/c1-2-37-28(29(34)35)20-23-11-14-25(15-12-23)38-19-18-33(17-7-6-10-22-8-4-3-5-9-22)30(36)39-27-16-13-24(31)21-26(27)32/h3-5,8-9,11-16,21,28H,2,6-7,10,17-20H2,1H3,(H,34,35). The molecule has 208 valence electrons. The van der Waals surface area contributed by atoms with E-state index in [4.69, 9.17) is 14.2 Å². The van der Waals surface area contributed by atoms with E-state index in [1.54, 1.807) is 31.2 Å². The van der Waals surface area contributed by atoms with Crippen LogP contribution in [0.3, 0.4) is 0 Å². The molecular weight excluding hydrogens is 508 g/mol. The van der Waals surface area contributed by atoms with Crippen molar-refractivity contribution >= 4 is 12.1 Å². The Labute approximate surface area is 226 Å². The van der Waals surface area contributed by atoms with E-state index in [1.165, 1.54) is 10.5 Å². The lowest BCUT2D eigenvalue weighted by Crippen LogP contribution is -2.37. The van der Waals surface area contributed by atoms with Gasteiger partial charge >= 0.3 is 12.1 Å². The van der Waals surface area contributed by atoms with Crippen molar-refractivity contribution in [3.8, 4) is 11.5 Å². The number of nitrogens with zero attached hydrogens (tertiary/aromatic N) is 1. The Morgan fingerprint density at radius 3 is 2.33 bits per heavy atom. The molecule has 0 aromatic heterocycles. The maximum absolute atomic E-state index is 14.0. The fourth-order valence-corrected chi connectivity index (χ4v) is 3.92. The number of halogens is 2. The van der Waals surface area contributed by atoms with Crippen LogP contribution in [-0.2, 0) is 22.4 Å². The van der Waals surface area contributed by atoms with E-state index in [1.807, 2.05) is 30.3 Å². The molecule has 0 spiro atoms. The molecule has 0 fully saturated rings. The number of rotatable bonds is 15. The number of hydrogen-bond acceptors (Lipinski definition) is 5. The SMILES string of the molecule is CCOC(Cc1ccc(OCCN(CCCCc2ccccc2)C(=O)Oc2ccc(F)cc2F)cc1)C(=O)O. The average molecular weight is 542 g/mol. The van der Waals surface area contributed by atoms with E-state index >= 15 is 0 Å². The first kappa shape index (κ1) is 29.6. The summed E-state index contributed by atoms with van der Waals surface area (Å²) in [5.74, 6) is -2.55. The molecule has 0 heterocycles. The van der Waals surface area contributed by atoms with Gasteiger partial charge in [-0.05, 0) is 61.6 Å². The Morgan fingerprint density at radius 2 is 1.67 bits per heavy atom. The Kier molecular flexibility index (Phi) is 11.7. The maximum Gasteiger partial charge on any atom is 0.415 e. The monoisotopic (exact) mass is 541 g/mol. The van der Waals surface area contributed by atoms with Crippen LogP contribution < -0.4 is 9.47 Å². The van der Waals surface area contributed by atoms with Crippen molar-refractivity contribution in [3.05, 3.63) is 95.6 Å². The van der Waals surface area contributed by atoms with Gasteiger partial charge in [-0.1, -0.05) is 42.5 Å². The summed E-state index contributed by atoms with van der Waals surface area (Å²) in [7, 11) is 0. The second-order valence-corrected chi connectivity index (χ2v) is 8.85. The second kappa shape index (κ2) is 15.4. The Bertz CT molecular complexity index is 1190. The highest BCUT2D eigenvalue weighted by atomic mass is 19.1. The summed E-state index contributed by atoms with van der Waals surface area (Å²) in [5, 5.41) is 9.26. The third kappa shape index (κ3) is 10.0. The first-order chi connectivity index (χ1) is 18.9. The van der Waals surface area contributed by atoms with Gasteiger partial charge in [-0.25, -0.2) is 18.4 Å². The molecule has 1 amide bonds. The van der Waals surface area contributed by atoms with Crippen LogP contribution >= 0.6 is 0 Å². The fourth-order valence-electron chi connectivity index (χ4n) is 3.92. The second-order valence-electron chi connectivity index (χ2n) is 8.85. The Hall–Kier alpha value is -3.98. The molecule has 0 aliphatic rings. The quantitative estimate of drug-likeness (QED) is 0.241. The fraction of sp³-hybridized carbons (Fsp3) is 0.333. The number of unbranched alkanes of at least 4 members (excludes halogenated alkanes) is 1. The lowest BCUT2D eigenvalue weighted by atomic mass is 10.1. The number of hydrogen-bond donors (Lipinski definition) is 1. The van der Waals surface area contributed by atoms with Crippen molar-refractivity contribution in [2.24, 2.45) is 0 Å². The summed E-state index contributed by atoms with van der Waals surface area (Å²) in [5.41, 5.74) is 1.98. The number of benzene rings is 3. The van der Waals surface area contributed by atoms with Crippen molar-refractivity contribution in [3.63, 3.8) is 0 Å². The molecule has 0 aliphatic carbocycles. The van der Waals surface area contributed by atoms with Crippen LogP contribution in [0, 0.1) is 11.6 Å². The van der Waals surface area contributed by atoms with Crippen molar-refractivity contribution in [1.82, 2.24) is 4.90 Å². The summed E-state index contributed by atoms with van der Waals surface area (Å²) >= 11 is 0. The molecule has 0 radical (unpaired) electrons. The summed E-state index contributed by atoms with van der Waals surface area (Å²) < 4.78 is 43.5. The zero-order valence-corrected chi connectivity index (χ0v) is 21.9. The Morgan fingerprint density at radius 1 is 0.923 bits per heavy atom. The number of carbonyl (C=O) groups excluding carboxylic acids is 1. The highest BCUT2D eigenvalue weighted by molar-refractivity contribution is 5.72. The van der Waals surface area contributed by atoms with Gasteiger partial charge in [0.1, 0.15) is 18.2 Å². The van der Waals surface area contributed by atoms with E-state index in [9.17, 15) is 23.5 Å². The summed E-state index contributed by atoms with van der Waals surface area (Å²) in [6.45, 7) is 2.74. The maximum atomic E-state index is 14.0. The molecule has 1 atom stereocenters. The lowest BCUT2D eigenvalue weighted by Gasteiger charge is -2.22. The average Bonchev–Trinajstić information content (AvgIpc) is 2.92. The zero-order chi connectivity index (χ0) is 28.0. The molecule has 0 saturated carbocycles. The number of aryl methyl sites for hydroxylation is 1. The van der Waals surface area contributed by atoms with Crippen LogP contribution in [-0.4, -0.2) is 54.5 Å². The highest BCUT2D eigenvalue weighted by Gasteiger charge is 2.19. The van der Waals surface area contributed by atoms with Gasteiger partial charge < -0.3 is 24.2 Å². The zero-order valence-electron chi connectivity index (χ0n) is 21.9. The predicted octanol–water partition coefficient (Wildman–Crippen LogP) is 5.90. The van der Waals surface area contributed by atoms with Gasteiger partial charge in [0.05, 0.1) is 6.54 Å². The molecule has 1 unspecified atom stereocenters. The van der Waals surface area contributed by atoms with E-state index in [2.05, 4.69) is 0 Å². The molecule has 3 aromatic carbocycles. The molecule has 7 nitrogen and oxygen atoms in total. The minimum Gasteiger partial charge on any atom is -0.492 e. The highest BCUT2D eigenvalue weighted by Crippen LogP contribution is 2.19. The van der Waals surface area contributed by atoms with Crippen molar-refractivity contribution in [2.45, 2.75) is 38.7 Å². The van der Waals surface area contributed by atoms with Crippen LogP contribution in [0.4, 0.5) is 13.6 Å². The molecule has 3 aromatic rings. The molecule has 0 bridgehead atoms. The largest absolute Gasteiger partial charge is 0.492 e. The van der Waals surface area contributed by atoms with Gasteiger partial charge in [-0.3, -0.25) is 0 Å². The number of aliphatic carboxylic acids is 1. The van der Waals surface area contributed by atoms with Gasteiger partial charge in [0.15, 0.2) is 17.7 Å². The summed E-state index contributed by atoms with van der Waals surface area (Å²) in [6.07, 6.45) is 0.927. The molecule has 9 heteroatoms. The van der Waals surface area contributed by atoms with E-state index in [0.29, 0.717) is 31.4 Å². The molecule has 39 heavy (non-hydrogen) atoms. The summed E-state index contributed by atoms with van der Waals surface area (Å²) in [6, 6.07) is 19.7. The molecule has 0 saturated heterocycles. The summed E-state index contributed by atoms with van der Waals surface area (Å²) in [4.78, 5) is 25.6. The minimum atomic E-state index is -1.02. The van der Waals surface area contributed by atoms with Gasteiger partial charge in [0.2, 0.25) is 0 Å². The smallest absolute Gasteiger partial charge is 0.415 e. The first-order valence-electron chi connectivity index (χ1n) is 12.9. The van der Waals surface area contributed by atoms with Crippen molar-refractivity contribution in [2.75, 3.05) is 26.3 Å². The number of carboxylic acid groups (broad SMARTS) is 1. The molecule has 1 N–H and O–H groups in total. The molecule has 3 rings (SSSR count). The third-order valence-corrected chi connectivity index (χ3v) is 5.95. The topological polar surface area (TPSA) is 85.3 Å². The van der Waals surface area contributed by atoms with Crippen molar-refractivity contribution < 1.29 is 37.7 Å². The van der Waals surface area contributed by atoms with E-state index in [0.717, 1.165) is 30.5 Å². The van der Waals surface area contributed by atoms with Gasteiger partial charge in [0, 0.05) is 25.6 Å². The number of amides is 1. The van der Waals surface area contributed by atoms with Gasteiger partial charge in [0.25, 0.3) is 0 Å². The number of carbonyl (C=O) groups is 2. The molecule has 0 aliphatic heterocycles. The van der Waals surface area contributed by atoms with Crippen LogP contribution in [0.15, 0.2) is 72.8 Å². The van der Waals surface area contributed by atoms with Crippen molar-refractivity contribution in [1.29, 1.82) is 0 Å². The molecular formula is C30H33F2NO6. The van der Waals surface area contributed by atoms with E-state index < -0.39 is 29.8 Å². The number of ether oxygens (including phenoxy) is 3. The van der Waals surface area contributed by atoms with Gasteiger partial charge in [-0.2, -0.15) is 0 Å². The lowest BCUT2D eigenvalue weighted by molar-refractivity contribution is -0.149.